The summed E-state index contributed by atoms with van der Waals surface area (Å²) in [7, 11) is 0. The van der Waals surface area contributed by atoms with Crippen molar-refractivity contribution < 1.29 is 4.79 Å². The average Bonchev–Trinajstić information content (AvgIpc) is 2.63. The Hall–Kier alpha value is -3.07. The van der Waals surface area contributed by atoms with Crippen LogP contribution in [0.3, 0.4) is 0 Å². The molecule has 0 spiro atoms. The van der Waals surface area contributed by atoms with Crippen molar-refractivity contribution in [3.8, 4) is 11.1 Å². The molecule has 0 heterocycles. The average molecular weight is 316 g/mol. The minimum Gasteiger partial charge on any atom is -0.376 e. The summed E-state index contributed by atoms with van der Waals surface area (Å²) in [5.74, 6) is -0.0628. The van der Waals surface area contributed by atoms with E-state index in [9.17, 15) is 4.79 Å². The smallest absolute Gasteiger partial charge is 0.243 e. The van der Waals surface area contributed by atoms with Crippen LogP contribution < -0.4 is 10.6 Å². The molecule has 3 heteroatoms. The summed E-state index contributed by atoms with van der Waals surface area (Å²) in [4.78, 5) is 12.2. The third kappa shape index (κ3) is 3.82. The van der Waals surface area contributed by atoms with Gasteiger partial charge in [0, 0.05) is 16.9 Å². The van der Waals surface area contributed by atoms with E-state index in [4.69, 9.17) is 0 Å². The molecule has 120 valence electrons. The molecule has 1 amide bonds. The first-order chi connectivity index (χ1) is 11.7. The fourth-order valence-corrected chi connectivity index (χ4v) is 2.59. The Morgan fingerprint density at radius 1 is 0.792 bits per heavy atom. The molecule has 2 N–H and O–H groups in total. The summed E-state index contributed by atoms with van der Waals surface area (Å²) in [6, 6.07) is 25.9. The van der Waals surface area contributed by atoms with E-state index >= 15 is 0 Å². The van der Waals surface area contributed by atoms with Gasteiger partial charge in [0.2, 0.25) is 5.91 Å². The van der Waals surface area contributed by atoms with E-state index in [0.29, 0.717) is 0 Å². The Balaban J connectivity index is 1.69. The summed E-state index contributed by atoms with van der Waals surface area (Å²) in [6.45, 7) is 2.20. The van der Waals surface area contributed by atoms with E-state index in [2.05, 4.69) is 28.8 Å². The van der Waals surface area contributed by atoms with Crippen molar-refractivity contribution in [2.24, 2.45) is 0 Å². The highest BCUT2D eigenvalue weighted by Gasteiger charge is 2.07. The van der Waals surface area contributed by atoms with Crippen molar-refractivity contribution in [2.75, 3.05) is 17.2 Å². The van der Waals surface area contributed by atoms with Crippen molar-refractivity contribution in [1.29, 1.82) is 0 Å². The maximum absolute atomic E-state index is 12.2. The first kappa shape index (κ1) is 15.8. The van der Waals surface area contributed by atoms with Gasteiger partial charge in [-0.05, 0) is 30.2 Å². The summed E-state index contributed by atoms with van der Waals surface area (Å²) in [5.41, 5.74) is 5.06. The molecule has 0 fully saturated rings. The topological polar surface area (TPSA) is 41.1 Å². The van der Waals surface area contributed by atoms with Crippen LogP contribution >= 0.6 is 0 Å². The maximum Gasteiger partial charge on any atom is 0.243 e. The molecule has 0 bridgehead atoms. The lowest BCUT2D eigenvalue weighted by atomic mass is 10.0. The van der Waals surface area contributed by atoms with Gasteiger partial charge in [-0.15, -0.1) is 0 Å². The van der Waals surface area contributed by atoms with E-state index in [0.717, 1.165) is 28.1 Å². The number of para-hydroxylation sites is 2. The summed E-state index contributed by atoms with van der Waals surface area (Å²) in [5, 5.41) is 6.18. The molecule has 3 aromatic carbocycles. The number of anilines is 2. The first-order valence-corrected chi connectivity index (χ1v) is 7.98. The number of nitrogens with one attached hydrogen (secondary N) is 2. The Morgan fingerprint density at radius 3 is 2.17 bits per heavy atom. The fraction of sp³-hybridized carbons (Fsp3) is 0.0952. The van der Waals surface area contributed by atoms with Crippen molar-refractivity contribution >= 4 is 17.3 Å². The molecule has 24 heavy (non-hydrogen) atoms. The van der Waals surface area contributed by atoms with Crippen LogP contribution in [0.25, 0.3) is 11.1 Å². The lowest BCUT2D eigenvalue weighted by molar-refractivity contribution is -0.114. The zero-order chi connectivity index (χ0) is 16.8. The van der Waals surface area contributed by atoms with Crippen LogP contribution in [-0.4, -0.2) is 12.5 Å². The summed E-state index contributed by atoms with van der Waals surface area (Å²) >= 11 is 0. The monoisotopic (exact) mass is 316 g/mol. The Bertz CT molecular complexity index is 828. The maximum atomic E-state index is 12.2. The first-order valence-electron chi connectivity index (χ1n) is 7.98. The second-order valence-electron chi connectivity index (χ2n) is 5.63. The quantitative estimate of drug-likeness (QED) is 0.715. The van der Waals surface area contributed by atoms with E-state index < -0.39 is 0 Å². The van der Waals surface area contributed by atoms with Gasteiger partial charge in [0.05, 0.1) is 6.54 Å². The molecule has 0 aliphatic rings. The van der Waals surface area contributed by atoms with E-state index in [1.807, 2.05) is 67.6 Å². The number of hydrogen-bond donors (Lipinski definition) is 2. The number of amides is 1. The largest absolute Gasteiger partial charge is 0.376 e. The van der Waals surface area contributed by atoms with Gasteiger partial charge in [-0.25, -0.2) is 0 Å². The van der Waals surface area contributed by atoms with Crippen LogP contribution in [0.1, 0.15) is 5.56 Å². The number of aryl methyl sites for hydroxylation is 1. The van der Waals surface area contributed by atoms with Crippen molar-refractivity contribution in [1.82, 2.24) is 0 Å². The number of rotatable bonds is 5. The third-order valence-electron chi connectivity index (χ3n) is 3.87. The molecule has 3 nitrogen and oxygen atoms in total. The molecular weight excluding hydrogens is 296 g/mol. The van der Waals surface area contributed by atoms with Crippen molar-refractivity contribution in [3.05, 3.63) is 84.4 Å². The highest BCUT2D eigenvalue weighted by molar-refractivity contribution is 5.95. The molecule has 0 saturated heterocycles. The van der Waals surface area contributed by atoms with Gasteiger partial charge >= 0.3 is 0 Å². The van der Waals surface area contributed by atoms with Crippen LogP contribution in [-0.2, 0) is 4.79 Å². The van der Waals surface area contributed by atoms with Gasteiger partial charge in [-0.1, -0.05) is 66.7 Å². The summed E-state index contributed by atoms with van der Waals surface area (Å²) in [6.07, 6.45) is 0. The lowest BCUT2D eigenvalue weighted by Gasteiger charge is -2.13. The summed E-state index contributed by atoms with van der Waals surface area (Å²) < 4.78 is 0. The minimum absolute atomic E-state index is 0.0628. The third-order valence-corrected chi connectivity index (χ3v) is 3.87. The molecule has 0 radical (unpaired) electrons. The van der Waals surface area contributed by atoms with Gasteiger partial charge in [0.25, 0.3) is 0 Å². The molecule has 0 aromatic heterocycles. The normalized spacial score (nSPS) is 10.2. The highest BCUT2D eigenvalue weighted by atomic mass is 16.1. The van der Waals surface area contributed by atoms with Crippen LogP contribution in [0, 0.1) is 6.92 Å². The molecule has 3 aromatic rings. The van der Waals surface area contributed by atoms with Gasteiger partial charge in [0.1, 0.15) is 0 Å². The van der Waals surface area contributed by atoms with E-state index in [1.165, 1.54) is 0 Å². The van der Waals surface area contributed by atoms with E-state index in [1.54, 1.807) is 0 Å². The van der Waals surface area contributed by atoms with Crippen LogP contribution in [0.5, 0.6) is 0 Å². The minimum atomic E-state index is -0.0628. The highest BCUT2D eigenvalue weighted by Crippen LogP contribution is 2.27. The molecule has 0 saturated carbocycles. The second kappa shape index (κ2) is 7.47. The van der Waals surface area contributed by atoms with Crippen LogP contribution in [0.15, 0.2) is 78.9 Å². The number of carbonyl (C=O) groups is 1. The van der Waals surface area contributed by atoms with Crippen LogP contribution in [0.2, 0.25) is 0 Å². The van der Waals surface area contributed by atoms with Gasteiger partial charge in [0.15, 0.2) is 0 Å². The molecule has 0 aliphatic heterocycles. The number of hydrogen-bond acceptors (Lipinski definition) is 2. The fourth-order valence-electron chi connectivity index (χ4n) is 2.59. The number of carbonyl (C=O) groups excluding carboxylic acids is 1. The van der Waals surface area contributed by atoms with Gasteiger partial charge in [-0.2, -0.15) is 0 Å². The molecule has 0 aliphatic carbocycles. The molecular formula is C21H20N2O. The molecule has 0 unspecified atom stereocenters. The van der Waals surface area contributed by atoms with Gasteiger partial charge in [-0.3, -0.25) is 4.79 Å². The molecule has 3 rings (SSSR count). The standard InChI is InChI=1S/C21H20N2O/c1-16-9-5-7-13-19(16)23-21(24)15-22-20-14-8-6-12-18(20)17-10-3-2-4-11-17/h2-14,22H,15H2,1H3,(H,23,24). The van der Waals surface area contributed by atoms with Gasteiger partial charge < -0.3 is 10.6 Å². The van der Waals surface area contributed by atoms with Crippen LogP contribution in [0.4, 0.5) is 11.4 Å². The predicted molar refractivity (Wildman–Crippen MR) is 100 cm³/mol. The molecule has 0 atom stereocenters. The Morgan fingerprint density at radius 2 is 1.42 bits per heavy atom. The zero-order valence-corrected chi connectivity index (χ0v) is 13.6. The number of benzene rings is 3. The Labute approximate surface area is 142 Å². The SMILES string of the molecule is Cc1ccccc1NC(=O)CNc1ccccc1-c1ccccc1. The van der Waals surface area contributed by atoms with Crippen molar-refractivity contribution in [2.45, 2.75) is 6.92 Å². The lowest BCUT2D eigenvalue weighted by Crippen LogP contribution is -2.22. The van der Waals surface area contributed by atoms with Crippen molar-refractivity contribution in [3.63, 3.8) is 0 Å². The van der Waals surface area contributed by atoms with E-state index in [-0.39, 0.29) is 12.5 Å². The Kier molecular flexibility index (Phi) is 4.92. The second-order valence-corrected chi connectivity index (χ2v) is 5.63. The zero-order valence-electron chi connectivity index (χ0n) is 13.6. The predicted octanol–water partition coefficient (Wildman–Crippen LogP) is 4.71.